The lowest BCUT2D eigenvalue weighted by molar-refractivity contribution is -0.125. The van der Waals surface area contributed by atoms with Gasteiger partial charge in [0.1, 0.15) is 18.1 Å². The van der Waals surface area contributed by atoms with Gasteiger partial charge in [0.05, 0.1) is 18.2 Å². The Labute approximate surface area is 216 Å². The minimum absolute atomic E-state index is 0.130. The van der Waals surface area contributed by atoms with Crippen LogP contribution in [0.2, 0.25) is 0 Å². The number of para-hydroxylation sites is 1. The number of carbonyl (C=O) groups is 2. The summed E-state index contributed by atoms with van der Waals surface area (Å²) in [5, 5.41) is 3.05. The first-order valence-electron chi connectivity index (χ1n) is 12.3. The molecule has 1 aliphatic rings. The van der Waals surface area contributed by atoms with Gasteiger partial charge in [-0.1, -0.05) is 78.9 Å². The first-order chi connectivity index (χ1) is 18.1. The quantitative estimate of drug-likeness (QED) is 0.345. The molecule has 0 saturated carbocycles. The number of ether oxygens (including phenoxy) is 2. The van der Waals surface area contributed by atoms with Crippen LogP contribution in [0.4, 0.5) is 11.4 Å². The summed E-state index contributed by atoms with van der Waals surface area (Å²) in [6, 6.07) is 34.3. The van der Waals surface area contributed by atoms with Crippen molar-refractivity contribution in [1.82, 2.24) is 0 Å². The SMILES string of the molecule is CC1Oc2cc(NC(=O)C(c3ccccc3)c3ccccc3)ccc2N(CCOc2ccccc2)C1=O. The van der Waals surface area contributed by atoms with Crippen molar-refractivity contribution in [3.63, 3.8) is 0 Å². The number of benzene rings is 4. The normalized spacial score (nSPS) is 14.6. The first-order valence-corrected chi connectivity index (χ1v) is 12.3. The van der Waals surface area contributed by atoms with Gasteiger partial charge in [0.2, 0.25) is 5.91 Å². The highest BCUT2D eigenvalue weighted by molar-refractivity contribution is 6.02. The predicted octanol–water partition coefficient (Wildman–Crippen LogP) is 5.65. The summed E-state index contributed by atoms with van der Waals surface area (Å²) >= 11 is 0. The van der Waals surface area contributed by atoms with Gasteiger partial charge in [0.15, 0.2) is 6.10 Å². The third-order valence-corrected chi connectivity index (χ3v) is 6.29. The van der Waals surface area contributed by atoms with Crippen molar-refractivity contribution in [1.29, 1.82) is 0 Å². The Kier molecular flexibility index (Phi) is 7.17. The zero-order valence-electron chi connectivity index (χ0n) is 20.5. The Morgan fingerprint density at radius 2 is 1.49 bits per heavy atom. The Bertz CT molecular complexity index is 1320. The van der Waals surface area contributed by atoms with Crippen molar-refractivity contribution in [2.24, 2.45) is 0 Å². The van der Waals surface area contributed by atoms with E-state index >= 15 is 0 Å². The van der Waals surface area contributed by atoms with Crippen LogP contribution >= 0.6 is 0 Å². The number of nitrogens with one attached hydrogen (secondary N) is 1. The van der Waals surface area contributed by atoms with Gasteiger partial charge in [-0.15, -0.1) is 0 Å². The van der Waals surface area contributed by atoms with Crippen molar-refractivity contribution in [2.45, 2.75) is 18.9 Å². The third-order valence-electron chi connectivity index (χ3n) is 6.29. The van der Waals surface area contributed by atoms with Gasteiger partial charge in [-0.3, -0.25) is 9.59 Å². The van der Waals surface area contributed by atoms with Gasteiger partial charge in [0, 0.05) is 11.8 Å². The molecular formula is C31H28N2O4. The molecule has 1 unspecified atom stereocenters. The Morgan fingerprint density at radius 1 is 0.892 bits per heavy atom. The summed E-state index contributed by atoms with van der Waals surface area (Å²) in [4.78, 5) is 28.1. The van der Waals surface area contributed by atoms with E-state index < -0.39 is 12.0 Å². The van der Waals surface area contributed by atoms with Crippen LogP contribution in [-0.2, 0) is 9.59 Å². The van der Waals surface area contributed by atoms with Crippen LogP contribution in [0, 0.1) is 0 Å². The predicted molar refractivity (Wildman–Crippen MR) is 144 cm³/mol. The Balaban J connectivity index is 1.35. The lowest BCUT2D eigenvalue weighted by atomic mass is 9.90. The zero-order chi connectivity index (χ0) is 25.6. The number of hydrogen-bond donors (Lipinski definition) is 1. The van der Waals surface area contributed by atoms with Gasteiger partial charge >= 0.3 is 0 Å². The molecule has 1 N–H and O–H groups in total. The molecule has 1 heterocycles. The number of nitrogens with zero attached hydrogens (tertiary/aromatic N) is 1. The lowest BCUT2D eigenvalue weighted by Crippen LogP contribution is -2.46. The summed E-state index contributed by atoms with van der Waals surface area (Å²) in [5.74, 6) is 0.549. The van der Waals surface area contributed by atoms with Crippen LogP contribution in [0.5, 0.6) is 11.5 Å². The molecule has 1 aliphatic heterocycles. The van der Waals surface area contributed by atoms with E-state index in [4.69, 9.17) is 9.47 Å². The fraction of sp³-hybridized carbons (Fsp3) is 0.161. The molecule has 6 heteroatoms. The highest BCUT2D eigenvalue weighted by Crippen LogP contribution is 2.37. The molecule has 2 amide bonds. The Hall–Kier alpha value is -4.58. The molecule has 0 bridgehead atoms. The average molecular weight is 493 g/mol. The molecule has 0 spiro atoms. The highest BCUT2D eigenvalue weighted by atomic mass is 16.5. The smallest absolute Gasteiger partial charge is 0.267 e. The summed E-state index contributed by atoms with van der Waals surface area (Å²) in [7, 11) is 0. The molecule has 6 nitrogen and oxygen atoms in total. The second kappa shape index (κ2) is 11.0. The van der Waals surface area contributed by atoms with Crippen LogP contribution < -0.4 is 19.7 Å². The molecule has 0 fully saturated rings. The first kappa shape index (κ1) is 24.1. The Morgan fingerprint density at radius 3 is 2.11 bits per heavy atom. The summed E-state index contributed by atoms with van der Waals surface area (Å²) in [6.45, 7) is 2.45. The van der Waals surface area contributed by atoms with E-state index in [-0.39, 0.29) is 11.8 Å². The number of anilines is 2. The van der Waals surface area contributed by atoms with Crippen molar-refractivity contribution >= 4 is 23.2 Å². The molecular weight excluding hydrogens is 464 g/mol. The van der Waals surface area contributed by atoms with E-state index in [9.17, 15) is 9.59 Å². The molecule has 4 aromatic rings. The van der Waals surface area contributed by atoms with Crippen molar-refractivity contribution in [3.05, 3.63) is 120 Å². The number of amides is 2. The van der Waals surface area contributed by atoms with E-state index in [0.29, 0.717) is 30.3 Å². The summed E-state index contributed by atoms with van der Waals surface area (Å²) in [6.07, 6.45) is -0.642. The van der Waals surface area contributed by atoms with E-state index in [1.807, 2.05) is 91.0 Å². The zero-order valence-corrected chi connectivity index (χ0v) is 20.5. The van der Waals surface area contributed by atoms with Gasteiger partial charge in [-0.05, 0) is 42.3 Å². The van der Waals surface area contributed by atoms with Crippen LogP contribution in [0.25, 0.3) is 0 Å². The lowest BCUT2D eigenvalue weighted by Gasteiger charge is -2.33. The van der Waals surface area contributed by atoms with Gasteiger partial charge in [-0.25, -0.2) is 0 Å². The molecule has 0 aromatic heterocycles. The molecule has 186 valence electrons. The maximum absolute atomic E-state index is 13.5. The minimum atomic E-state index is -0.642. The van der Waals surface area contributed by atoms with Crippen LogP contribution in [0.3, 0.4) is 0 Å². The van der Waals surface area contributed by atoms with Crippen LogP contribution in [-0.4, -0.2) is 31.1 Å². The van der Waals surface area contributed by atoms with Gasteiger partial charge in [-0.2, -0.15) is 0 Å². The van der Waals surface area contributed by atoms with Crippen LogP contribution in [0.1, 0.15) is 24.0 Å². The van der Waals surface area contributed by atoms with E-state index in [2.05, 4.69) is 5.32 Å². The molecule has 1 atom stereocenters. The molecule has 0 saturated heterocycles. The number of carbonyl (C=O) groups excluding carboxylic acids is 2. The van der Waals surface area contributed by atoms with Crippen molar-refractivity contribution in [3.8, 4) is 11.5 Å². The van der Waals surface area contributed by atoms with E-state index in [0.717, 1.165) is 16.9 Å². The average Bonchev–Trinajstić information content (AvgIpc) is 2.93. The molecule has 4 aromatic carbocycles. The van der Waals surface area contributed by atoms with Crippen LogP contribution in [0.15, 0.2) is 109 Å². The molecule has 5 rings (SSSR count). The minimum Gasteiger partial charge on any atom is -0.492 e. The second-order valence-corrected chi connectivity index (χ2v) is 8.84. The third kappa shape index (κ3) is 5.48. The number of fused-ring (bicyclic) bond motifs is 1. The van der Waals surface area contributed by atoms with Gasteiger partial charge in [0.25, 0.3) is 5.91 Å². The monoisotopic (exact) mass is 492 g/mol. The summed E-state index contributed by atoms with van der Waals surface area (Å²) < 4.78 is 11.7. The fourth-order valence-electron chi connectivity index (χ4n) is 4.49. The standard InChI is InChI=1S/C31H28N2O4/c1-22-31(35)33(19-20-36-26-15-9-4-10-16-26)27-18-17-25(21-28(27)37-22)32-30(34)29(23-11-5-2-6-12-23)24-13-7-3-8-14-24/h2-18,21-22,29H,19-20H2,1H3,(H,32,34). The number of rotatable bonds is 8. The summed E-state index contributed by atoms with van der Waals surface area (Å²) in [5.41, 5.74) is 3.07. The largest absolute Gasteiger partial charge is 0.492 e. The van der Waals surface area contributed by atoms with Crippen molar-refractivity contribution in [2.75, 3.05) is 23.4 Å². The molecule has 0 radical (unpaired) electrons. The highest BCUT2D eigenvalue weighted by Gasteiger charge is 2.32. The van der Waals surface area contributed by atoms with Crippen molar-refractivity contribution < 1.29 is 19.1 Å². The number of hydrogen-bond acceptors (Lipinski definition) is 4. The molecule has 0 aliphatic carbocycles. The molecule has 37 heavy (non-hydrogen) atoms. The maximum Gasteiger partial charge on any atom is 0.267 e. The second-order valence-electron chi connectivity index (χ2n) is 8.84. The van der Waals surface area contributed by atoms with E-state index in [1.165, 1.54) is 0 Å². The fourth-order valence-corrected chi connectivity index (χ4v) is 4.49. The van der Waals surface area contributed by atoms with E-state index in [1.54, 1.807) is 30.0 Å². The maximum atomic E-state index is 13.5. The topological polar surface area (TPSA) is 67.9 Å². The van der Waals surface area contributed by atoms with Gasteiger partial charge < -0.3 is 19.7 Å².